The number of rotatable bonds is 3. The number of fused-ring (bicyclic) bond motifs is 5. The molecule has 112 valence electrons. The first-order chi connectivity index (χ1) is 10.4. The van der Waals surface area contributed by atoms with Crippen LogP contribution in [0.15, 0.2) is 24.3 Å². The highest BCUT2D eigenvalue weighted by Gasteiger charge is 2.35. The largest absolute Gasteiger partial charge is 0.357 e. The Morgan fingerprint density at radius 3 is 3.10 bits per heavy atom. The topological polar surface area (TPSA) is 57.1 Å². The van der Waals surface area contributed by atoms with Crippen molar-refractivity contribution in [2.24, 2.45) is 5.73 Å². The van der Waals surface area contributed by atoms with E-state index in [1.54, 1.807) is 5.56 Å². The maximum absolute atomic E-state index is 5.63. The Kier molecular flexibility index (Phi) is 3.45. The van der Waals surface area contributed by atoms with E-state index < -0.39 is 0 Å². The molecule has 2 aliphatic rings. The van der Waals surface area contributed by atoms with E-state index in [0.717, 1.165) is 13.1 Å². The van der Waals surface area contributed by atoms with Gasteiger partial charge in [0.05, 0.1) is 6.04 Å². The molecule has 3 heterocycles. The smallest absolute Gasteiger partial charge is 0.0516 e. The Balaban J connectivity index is 1.65. The predicted molar refractivity (Wildman–Crippen MR) is 86.4 cm³/mol. The van der Waals surface area contributed by atoms with Gasteiger partial charge in [0.1, 0.15) is 0 Å². The third kappa shape index (κ3) is 2.27. The molecule has 4 rings (SSSR count). The molecule has 2 atom stereocenters. The van der Waals surface area contributed by atoms with Gasteiger partial charge < -0.3 is 16.0 Å². The highest BCUT2D eigenvalue weighted by Crippen LogP contribution is 2.39. The molecule has 1 aromatic carbocycles. The first-order valence-corrected chi connectivity index (χ1v) is 8.14. The van der Waals surface area contributed by atoms with Crippen molar-refractivity contribution < 1.29 is 0 Å². The molecule has 0 saturated carbocycles. The van der Waals surface area contributed by atoms with Crippen LogP contribution in [0.4, 0.5) is 0 Å². The highest BCUT2D eigenvalue weighted by molar-refractivity contribution is 5.85. The van der Waals surface area contributed by atoms with Crippen LogP contribution >= 0.6 is 0 Å². The minimum absolute atomic E-state index is 0.546. The third-order valence-corrected chi connectivity index (χ3v) is 5.12. The summed E-state index contributed by atoms with van der Waals surface area (Å²) in [5.41, 5.74) is 9.93. The van der Waals surface area contributed by atoms with E-state index >= 15 is 0 Å². The van der Waals surface area contributed by atoms with Crippen LogP contribution in [0.3, 0.4) is 0 Å². The SMILES string of the molecule is NCCN[C@H]1CCN2CCc3c([nH]c4ccccc34)[C@H]2C1. The van der Waals surface area contributed by atoms with Gasteiger partial charge in [-0.15, -0.1) is 0 Å². The van der Waals surface area contributed by atoms with Crippen LogP contribution in [0, 0.1) is 0 Å². The zero-order valence-electron chi connectivity index (χ0n) is 12.4. The van der Waals surface area contributed by atoms with Crippen molar-refractivity contribution in [3.63, 3.8) is 0 Å². The summed E-state index contributed by atoms with van der Waals surface area (Å²) in [4.78, 5) is 6.35. The molecule has 1 saturated heterocycles. The minimum Gasteiger partial charge on any atom is -0.357 e. The van der Waals surface area contributed by atoms with Gasteiger partial charge in [-0.05, 0) is 30.9 Å². The average Bonchev–Trinajstić information content (AvgIpc) is 2.92. The van der Waals surface area contributed by atoms with Crippen molar-refractivity contribution in [2.75, 3.05) is 26.2 Å². The fourth-order valence-electron chi connectivity index (χ4n) is 4.08. The van der Waals surface area contributed by atoms with Crippen LogP contribution in [-0.4, -0.2) is 42.1 Å². The van der Waals surface area contributed by atoms with E-state index in [-0.39, 0.29) is 0 Å². The number of piperidine rings is 1. The van der Waals surface area contributed by atoms with Gasteiger partial charge in [-0.3, -0.25) is 4.90 Å². The lowest BCUT2D eigenvalue weighted by Gasteiger charge is -2.42. The number of aromatic amines is 1. The molecule has 4 heteroatoms. The van der Waals surface area contributed by atoms with Crippen LogP contribution in [0.2, 0.25) is 0 Å². The molecular formula is C17H24N4. The van der Waals surface area contributed by atoms with Crippen molar-refractivity contribution in [1.82, 2.24) is 15.2 Å². The summed E-state index contributed by atoms with van der Waals surface area (Å²) in [6, 6.07) is 9.87. The monoisotopic (exact) mass is 284 g/mol. The van der Waals surface area contributed by atoms with Gasteiger partial charge in [-0.25, -0.2) is 0 Å². The van der Waals surface area contributed by atoms with E-state index in [1.807, 2.05) is 0 Å². The fraction of sp³-hybridized carbons (Fsp3) is 0.529. The Bertz CT molecular complexity index is 633. The quantitative estimate of drug-likeness (QED) is 0.805. The predicted octanol–water partition coefficient (Wildman–Crippen LogP) is 1.78. The summed E-state index contributed by atoms with van der Waals surface area (Å²) >= 11 is 0. The second-order valence-electron chi connectivity index (χ2n) is 6.33. The molecule has 0 amide bonds. The molecule has 21 heavy (non-hydrogen) atoms. The maximum Gasteiger partial charge on any atom is 0.0516 e. The summed E-state index contributed by atoms with van der Waals surface area (Å²) in [7, 11) is 0. The Morgan fingerprint density at radius 2 is 2.19 bits per heavy atom. The number of H-pyrrole nitrogens is 1. The third-order valence-electron chi connectivity index (χ3n) is 5.12. The summed E-state index contributed by atoms with van der Waals surface area (Å²) in [5, 5.41) is 5.02. The lowest BCUT2D eigenvalue weighted by atomic mass is 9.88. The van der Waals surface area contributed by atoms with Gasteiger partial charge in [-0.1, -0.05) is 18.2 Å². The summed E-state index contributed by atoms with van der Waals surface area (Å²) in [5.74, 6) is 0. The normalized spacial score (nSPS) is 25.8. The molecule has 0 bridgehead atoms. The molecule has 0 radical (unpaired) electrons. The summed E-state index contributed by atoms with van der Waals surface area (Å²) in [6.07, 6.45) is 3.61. The molecule has 0 unspecified atom stereocenters. The van der Waals surface area contributed by atoms with Crippen molar-refractivity contribution >= 4 is 10.9 Å². The number of aromatic nitrogens is 1. The number of nitrogens with zero attached hydrogens (tertiary/aromatic N) is 1. The number of nitrogens with one attached hydrogen (secondary N) is 2. The number of nitrogens with two attached hydrogens (primary N) is 1. The van der Waals surface area contributed by atoms with Crippen LogP contribution in [0.5, 0.6) is 0 Å². The van der Waals surface area contributed by atoms with Crippen molar-refractivity contribution in [3.05, 3.63) is 35.5 Å². The van der Waals surface area contributed by atoms with Crippen LogP contribution in [-0.2, 0) is 6.42 Å². The zero-order chi connectivity index (χ0) is 14.2. The standard InChI is InChI=1S/C17H24N4/c18-7-8-19-12-5-9-21-10-6-14-13-3-1-2-4-15(13)20-17(14)16(21)11-12/h1-4,12,16,19-20H,5-11,18H2/t12-,16+/m0/s1. The summed E-state index contributed by atoms with van der Waals surface area (Å²) in [6.45, 7) is 4.05. The molecular weight excluding hydrogens is 260 g/mol. The summed E-state index contributed by atoms with van der Waals surface area (Å²) < 4.78 is 0. The molecule has 2 aromatic rings. The van der Waals surface area contributed by atoms with Gasteiger partial charge >= 0.3 is 0 Å². The lowest BCUT2D eigenvalue weighted by Crippen LogP contribution is -2.47. The van der Waals surface area contributed by atoms with Crippen LogP contribution < -0.4 is 11.1 Å². The van der Waals surface area contributed by atoms with E-state index in [1.165, 1.54) is 48.9 Å². The van der Waals surface area contributed by atoms with Gasteiger partial charge in [0.2, 0.25) is 0 Å². The van der Waals surface area contributed by atoms with Gasteiger partial charge in [0.25, 0.3) is 0 Å². The first kappa shape index (κ1) is 13.3. The van der Waals surface area contributed by atoms with Crippen molar-refractivity contribution in [3.8, 4) is 0 Å². The first-order valence-electron chi connectivity index (χ1n) is 8.14. The molecule has 1 fully saturated rings. The lowest BCUT2D eigenvalue weighted by molar-refractivity contribution is 0.114. The van der Waals surface area contributed by atoms with E-state index in [9.17, 15) is 0 Å². The molecule has 0 aliphatic carbocycles. The van der Waals surface area contributed by atoms with Gasteiger partial charge in [0, 0.05) is 48.8 Å². The van der Waals surface area contributed by atoms with Gasteiger partial charge in [0.15, 0.2) is 0 Å². The minimum atomic E-state index is 0.546. The number of hydrogen-bond acceptors (Lipinski definition) is 3. The molecule has 2 aliphatic heterocycles. The van der Waals surface area contributed by atoms with Crippen LogP contribution in [0.1, 0.15) is 30.1 Å². The molecule has 4 nitrogen and oxygen atoms in total. The fourth-order valence-corrected chi connectivity index (χ4v) is 4.08. The average molecular weight is 284 g/mol. The van der Waals surface area contributed by atoms with Crippen molar-refractivity contribution in [1.29, 1.82) is 0 Å². The highest BCUT2D eigenvalue weighted by atomic mass is 15.2. The van der Waals surface area contributed by atoms with Gasteiger partial charge in [-0.2, -0.15) is 0 Å². The molecule has 0 spiro atoms. The van der Waals surface area contributed by atoms with Crippen LogP contribution in [0.25, 0.3) is 10.9 Å². The van der Waals surface area contributed by atoms with E-state index in [4.69, 9.17) is 5.73 Å². The molecule has 1 aromatic heterocycles. The molecule has 4 N–H and O–H groups in total. The second kappa shape index (κ2) is 5.44. The Labute approximate surface area is 125 Å². The number of benzene rings is 1. The number of para-hydroxylation sites is 1. The number of hydrogen-bond donors (Lipinski definition) is 3. The zero-order valence-corrected chi connectivity index (χ0v) is 12.4. The van der Waals surface area contributed by atoms with Crippen molar-refractivity contribution in [2.45, 2.75) is 31.3 Å². The second-order valence-corrected chi connectivity index (χ2v) is 6.33. The Morgan fingerprint density at radius 1 is 1.29 bits per heavy atom. The van der Waals surface area contributed by atoms with E-state index in [0.29, 0.717) is 12.1 Å². The maximum atomic E-state index is 5.63. The van der Waals surface area contributed by atoms with E-state index in [2.05, 4.69) is 39.5 Å². The Hall–Kier alpha value is -1.36.